The third kappa shape index (κ3) is 3.81. The lowest BCUT2D eigenvalue weighted by atomic mass is 9.87. The zero-order valence-corrected chi connectivity index (χ0v) is 15.3. The number of likely N-dealkylation sites (tertiary alicyclic amines) is 1. The van der Waals surface area contributed by atoms with E-state index in [1.165, 1.54) is 37.8 Å². The fourth-order valence-electron chi connectivity index (χ4n) is 4.30. The Balaban J connectivity index is 1.55. The highest BCUT2D eigenvalue weighted by molar-refractivity contribution is 5.78. The smallest absolute Gasteiger partial charge is 0.225 e. The van der Waals surface area contributed by atoms with Crippen LogP contribution in [0.15, 0.2) is 6.20 Å². The molecular weight excluding hydrogens is 300 g/mol. The van der Waals surface area contributed by atoms with E-state index in [0.29, 0.717) is 17.9 Å². The summed E-state index contributed by atoms with van der Waals surface area (Å²) in [4.78, 5) is 14.6. The first-order valence-electron chi connectivity index (χ1n) is 9.93. The molecule has 24 heavy (non-hydrogen) atoms. The normalized spacial score (nSPS) is 20.7. The first-order chi connectivity index (χ1) is 11.7. The molecule has 1 aromatic rings. The third-order valence-corrected chi connectivity index (χ3v) is 6.04. The van der Waals surface area contributed by atoms with Crippen LogP contribution in [0.1, 0.15) is 89.3 Å². The molecule has 0 bridgehead atoms. The Labute approximate surface area is 145 Å². The number of carbonyl (C=O) groups excluding carboxylic acids is 1. The van der Waals surface area contributed by atoms with Crippen molar-refractivity contribution in [1.29, 1.82) is 0 Å². The number of rotatable bonds is 5. The molecule has 134 valence electrons. The molecule has 0 aromatic carbocycles. The van der Waals surface area contributed by atoms with Crippen LogP contribution in [0.3, 0.4) is 0 Å². The summed E-state index contributed by atoms with van der Waals surface area (Å²) < 4.78 is 2.07. The number of carbonyl (C=O) groups is 1. The second-order valence-electron chi connectivity index (χ2n) is 7.53. The second-order valence-corrected chi connectivity index (χ2v) is 7.53. The van der Waals surface area contributed by atoms with Gasteiger partial charge in [0.25, 0.3) is 0 Å². The average Bonchev–Trinajstić information content (AvgIpc) is 3.14. The van der Waals surface area contributed by atoms with Gasteiger partial charge >= 0.3 is 0 Å². The van der Waals surface area contributed by atoms with Gasteiger partial charge in [0.15, 0.2) is 0 Å². The predicted molar refractivity (Wildman–Crippen MR) is 94.8 cm³/mol. The molecule has 1 amide bonds. The Bertz CT molecular complexity index is 523. The Morgan fingerprint density at radius 1 is 1.12 bits per heavy atom. The highest BCUT2D eigenvalue weighted by Gasteiger charge is 2.28. The molecule has 0 radical (unpaired) electrons. The minimum atomic E-state index is 0.200. The second kappa shape index (κ2) is 8.13. The predicted octanol–water partition coefficient (Wildman–Crippen LogP) is 3.93. The van der Waals surface area contributed by atoms with Crippen LogP contribution in [-0.4, -0.2) is 38.9 Å². The van der Waals surface area contributed by atoms with Crippen molar-refractivity contribution in [3.8, 4) is 0 Å². The maximum atomic E-state index is 12.5. The van der Waals surface area contributed by atoms with Crippen molar-refractivity contribution >= 4 is 5.91 Å². The van der Waals surface area contributed by atoms with Crippen molar-refractivity contribution in [3.05, 3.63) is 11.9 Å². The van der Waals surface area contributed by atoms with Crippen molar-refractivity contribution in [2.75, 3.05) is 13.1 Å². The quantitative estimate of drug-likeness (QED) is 0.821. The van der Waals surface area contributed by atoms with E-state index in [1.807, 2.05) is 0 Å². The minimum absolute atomic E-state index is 0.200. The van der Waals surface area contributed by atoms with Crippen LogP contribution in [0.5, 0.6) is 0 Å². The number of amides is 1. The van der Waals surface area contributed by atoms with Crippen LogP contribution in [0.25, 0.3) is 0 Å². The summed E-state index contributed by atoms with van der Waals surface area (Å²) in [7, 11) is 0. The SMILES string of the molecule is CCC(CC)C(=O)N1CCC(n2cc(C3CCCCC3)nn2)CC1. The van der Waals surface area contributed by atoms with E-state index in [9.17, 15) is 4.79 Å². The molecule has 0 spiro atoms. The van der Waals surface area contributed by atoms with Crippen molar-refractivity contribution in [1.82, 2.24) is 19.9 Å². The maximum absolute atomic E-state index is 12.5. The molecule has 1 aliphatic carbocycles. The fraction of sp³-hybridized carbons (Fsp3) is 0.842. The monoisotopic (exact) mass is 332 g/mol. The van der Waals surface area contributed by atoms with E-state index < -0.39 is 0 Å². The number of aromatic nitrogens is 3. The third-order valence-electron chi connectivity index (χ3n) is 6.04. The number of hydrogen-bond acceptors (Lipinski definition) is 3. The average molecular weight is 332 g/mol. The highest BCUT2D eigenvalue weighted by Crippen LogP contribution is 2.32. The Morgan fingerprint density at radius 3 is 2.42 bits per heavy atom. The summed E-state index contributed by atoms with van der Waals surface area (Å²) in [5.74, 6) is 1.16. The highest BCUT2D eigenvalue weighted by atomic mass is 16.2. The van der Waals surface area contributed by atoms with E-state index in [4.69, 9.17) is 0 Å². The van der Waals surface area contributed by atoms with Gasteiger partial charge in [-0.1, -0.05) is 38.3 Å². The molecule has 0 unspecified atom stereocenters. The molecule has 2 heterocycles. The molecule has 3 rings (SSSR count). The zero-order chi connectivity index (χ0) is 16.9. The van der Waals surface area contributed by atoms with Gasteiger partial charge in [0, 0.05) is 31.1 Å². The van der Waals surface area contributed by atoms with Crippen molar-refractivity contribution < 1.29 is 4.79 Å². The zero-order valence-electron chi connectivity index (χ0n) is 15.3. The summed E-state index contributed by atoms with van der Waals surface area (Å²) >= 11 is 0. The standard InChI is InChI=1S/C19H32N4O/c1-3-15(4-2)19(24)22-12-10-17(11-13-22)23-14-18(20-21-23)16-8-6-5-7-9-16/h14-17H,3-13H2,1-2H3. The summed E-state index contributed by atoms with van der Waals surface area (Å²) in [6.45, 7) is 5.94. The molecular formula is C19H32N4O. The first kappa shape index (κ1) is 17.4. The summed E-state index contributed by atoms with van der Waals surface area (Å²) in [6.07, 6.45) is 12.6. The Kier molecular flexibility index (Phi) is 5.90. The molecule has 5 nitrogen and oxygen atoms in total. The molecule has 1 saturated heterocycles. The van der Waals surface area contributed by atoms with Crippen molar-refractivity contribution in [2.24, 2.45) is 5.92 Å². The lowest BCUT2D eigenvalue weighted by Crippen LogP contribution is -2.42. The van der Waals surface area contributed by atoms with Gasteiger partial charge in [-0.2, -0.15) is 0 Å². The molecule has 0 N–H and O–H groups in total. The van der Waals surface area contributed by atoms with Crippen LogP contribution in [0.4, 0.5) is 0 Å². The van der Waals surface area contributed by atoms with Gasteiger partial charge in [0.05, 0.1) is 11.7 Å². The largest absolute Gasteiger partial charge is 0.342 e. The van der Waals surface area contributed by atoms with Gasteiger partial charge < -0.3 is 4.90 Å². The van der Waals surface area contributed by atoms with Crippen LogP contribution in [-0.2, 0) is 4.79 Å². The van der Waals surface area contributed by atoms with Gasteiger partial charge in [-0.25, -0.2) is 4.68 Å². The number of hydrogen-bond donors (Lipinski definition) is 0. The Morgan fingerprint density at radius 2 is 1.79 bits per heavy atom. The van der Waals surface area contributed by atoms with E-state index >= 15 is 0 Å². The molecule has 1 saturated carbocycles. The fourth-order valence-corrected chi connectivity index (χ4v) is 4.30. The molecule has 5 heteroatoms. The van der Waals surface area contributed by atoms with E-state index in [0.717, 1.165) is 38.8 Å². The lowest BCUT2D eigenvalue weighted by molar-refractivity contribution is -0.137. The van der Waals surface area contributed by atoms with Gasteiger partial charge in [-0.3, -0.25) is 4.79 Å². The summed E-state index contributed by atoms with van der Waals surface area (Å²) in [5.41, 5.74) is 1.19. The van der Waals surface area contributed by atoms with Gasteiger partial charge in [0.1, 0.15) is 0 Å². The van der Waals surface area contributed by atoms with Crippen molar-refractivity contribution in [3.63, 3.8) is 0 Å². The van der Waals surface area contributed by atoms with E-state index in [2.05, 4.69) is 39.9 Å². The summed E-state index contributed by atoms with van der Waals surface area (Å²) in [6, 6.07) is 0.403. The van der Waals surface area contributed by atoms with Crippen LogP contribution < -0.4 is 0 Å². The van der Waals surface area contributed by atoms with Crippen LogP contribution in [0.2, 0.25) is 0 Å². The van der Waals surface area contributed by atoms with E-state index in [-0.39, 0.29) is 5.92 Å². The first-order valence-corrected chi connectivity index (χ1v) is 9.93. The maximum Gasteiger partial charge on any atom is 0.225 e. The van der Waals surface area contributed by atoms with Crippen LogP contribution in [0, 0.1) is 5.92 Å². The van der Waals surface area contributed by atoms with E-state index in [1.54, 1.807) is 0 Å². The summed E-state index contributed by atoms with van der Waals surface area (Å²) in [5, 5.41) is 8.87. The molecule has 2 fully saturated rings. The van der Waals surface area contributed by atoms with Gasteiger partial charge in [0.2, 0.25) is 5.91 Å². The molecule has 1 aromatic heterocycles. The number of nitrogens with zero attached hydrogens (tertiary/aromatic N) is 4. The van der Waals surface area contributed by atoms with Gasteiger partial charge in [-0.05, 0) is 38.5 Å². The molecule has 1 aliphatic heterocycles. The Hall–Kier alpha value is -1.39. The minimum Gasteiger partial charge on any atom is -0.342 e. The molecule has 2 aliphatic rings. The van der Waals surface area contributed by atoms with Crippen LogP contribution >= 0.6 is 0 Å². The van der Waals surface area contributed by atoms with Crippen molar-refractivity contribution in [2.45, 2.75) is 83.6 Å². The van der Waals surface area contributed by atoms with Gasteiger partial charge in [-0.15, -0.1) is 5.10 Å². The lowest BCUT2D eigenvalue weighted by Gasteiger charge is -2.33. The number of piperidine rings is 1. The molecule has 0 atom stereocenters. The topological polar surface area (TPSA) is 51.0 Å².